The Labute approximate surface area is 168 Å². The number of carbonyl (C=O) groups is 1. The van der Waals surface area contributed by atoms with Gasteiger partial charge in [0.2, 0.25) is 5.91 Å². The summed E-state index contributed by atoms with van der Waals surface area (Å²) in [5.74, 6) is 1.01. The zero-order valence-electron chi connectivity index (χ0n) is 17.2. The van der Waals surface area contributed by atoms with Crippen molar-refractivity contribution >= 4 is 11.6 Å². The molecule has 1 heterocycles. The van der Waals surface area contributed by atoms with Crippen LogP contribution in [0.5, 0.6) is 5.75 Å². The molecule has 1 fully saturated rings. The Kier molecular flexibility index (Phi) is 7.06. The highest BCUT2D eigenvalue weighted by Crippen LogP contribution is 2.22. The molecule has 5 heteroatoms. The van der Waals surface area contributed by atoms with Gasteiger partial charge in [0.1, 0.15) is 5.75 Å². The lowest BCUT2D eigenvalue weighted by molar-refractivity contribution is -0.117. The fourth-order valence-electron chi connectivity index (χ4n) is 3.72. The number of ether oxygens (including phenoxy) is 1. The lowest BCUT2D eigenvalue weighted by Crippen LogP contribution is -2.48. The van der Waals surface area contributed by atoms with E-state index in [-0.39, 0.29) is 5.91 Å². The molecule has 0 unspecified atom stereocenters. The molecular weight excluding hydrogens is 350 g/mol. The minimum atomic E-state index is 0.0645. The van der Waals surface area contributed by atoms with Gasteiger partial charge in [-0.25, -0.2) is 0 Å². The summed E-state index contributed by atoms with van der Waals surface area (Å²) in [4.78, 5) is 17.1. The number of amides is 1. The molecule has 1 aliphatic heterocycles. The summed E-state index contributed by atoms with van der Waals surface area (Å²) in [6, 6.07) is 14.3. The van der Waals surface area contributed by atoms with E-state index in [0.717, 1.165) is 50.6 Å². The molecule has 0 radical (unpaired) electrons. The van der Waals surface area contributed by atoms with Crippen molar-refractivity contribution in [3.8, 4) is 5.75 Å². The van der Waals surface area contributed by atoms with Crippen molar-refractivity contribution in [1.29, 1.82) is 0 Å². The van der Waals surface area contributed by atoms with Gasteiger partial charge >= 0.3 is 0 Å². The Hall–Kier alpha value is -2.37. The minimum Gasteiger partial charge on any atom is -0.496 e. The molecule has 0 atom stereocenters. The monoisotopic (exact) mass is 381 g/mol. The average Bonchev–Trinajstić information content (AvgIpc) is 2.70. The summed E-state index contributed by atoms with van der Waals surface area (Å²) in [6.45, 7) is 9.25. The fraction of sp³-hybridized carbons (Fsp3) is 0.435. The van der Waals surface area contributed by atoms with Crippen molar-refractivity contribution in [2.45, 2.75) is 26.8 Å². The van der Waals surface area contributed by atoms with Gasteiger partial charge in [-0.15, -0.1) is 0 Å². The molecule has 0 aliphatic carbocycles. The number of anilines is 1. The zero-order valence-corrected chi connectivity index (χ0v) is 17.2. The van der Waals surface area contributed by atoms with Crippen LogP contribution in [-0.4, -0.2) is 55.5 Å². The molecule has 0 saturated carbocycles. The van der Waals surface area contributed by atoms with Gasteiger partial charge in [0.15, 0.2) is 0 Å². The largest absolute Gasteiger partial charge is 0.496 e. The van der Waals surface area contributed by atoms with Gasteiger partial charge in [0, 0.05) is 44.0 Å². The molecule has 1 amide bonds. The lowest BCUT2D eigenvalue weighted by atomic mass is 10.1. The van der Waals surface area contributed by atoms with E-state index in [9.17, 15) is 4.79 Å². The number of carbonyl (C=O) groups excluding carboxylic acids is 1. The zero-order chi connectivity index (χ0) is 19.9. The summed E-state index contributed by atoms with van der Waals surface area (Å²) in [5, 5.41) is 3.07. The highest BCUT2D eigenvalue weighted by atomic mass is 16.5. The smallest absolute Gasteiger partial charge is 0.238 e. The predicted molar refractivity (Wildman–Crippen MR) is 114 cm³/mol. The molecular formula is C23H31N3O2. The van der Waals surface area contributed by atoms with Gasteiger partial charge < -0.3 is 10.1 Å². The van der Waals surface area contributed by atoms with E-state index in [2.05, 4.69) is 47.2 Å². The number of para-hydroxylation sites is 1. The Bertz CT molecular complexity index is 798. The molecule has 28 heavy (non-hydrogen) atoms. The molecule has 2 aromatic rings. The molecule has 0 aromatic heterocycles. The van der Waals surface area contributed by atoms with Crippen LogP contribution in [0.1, 0.15) is 23.6 Å². The Morgan fingerprint density at radius 3 is 2.46 bits per heavy atom. The van der Waals surface area contributed by atoms with Crippen molar-refractivity contribution in [3.05, 3.63) is 59.2 Å². The topological polar surface area (TPSA) is 44.8 Å². The average molecular weight is 382 g/mol. The van der Waals surface area contributed by atoms with Crippen LogP contribution in [0.2, 0.25) is 0 Å². The van der Waals surface area contributed by atoms with Crippen LogP contribution < -0.4 is 10.1 Å². The molecule has 5 nitrogen and oxygen atoms in total. The van der Waals surface area contributed by atoms with E-state index in [0.29, 0.717) is 6.54 Å². The number of hydrogen-bond donors (Lipinski definition) is 1. The van der Waals surface area contributed by atoms with E-state index in [4.69, 9.17) is 4.74 Å². The predicted octanol–water partition coefficient (Wildman–Crippen LogP) is 3.32. The van der Waals surface area contributed by atoms with E-state index in [1.165, 1.54) is 16.7 Å². The summed E-state index contributed by atoms with van der Waals surface area (Å²) < 4.78 is 5.50. The number of hydrogen-bond acceptors (Lipinski definition) is 4. The maximum Gasteiger partial charge on any atom is 0.238 e. The standard InChI is InChI=1S/C23H31N3O2/c1-4-19-7-5-6-8-21(19)24-23(27)17-26-13-11-25(12-14-26)16-20-15-18(2)9-10-22(20)28-3/h5-10,15H,4,11-14,16-17H2,1-3H3,(H,24,27). The normalized spacial score (nSPS) is 15.4. The third kappa shape index (κ3) is 5.33. The van der Waals surface area contributed by atoms with Gasteiger partial charge in [-0.1, -0.05) is 42.8 Å². The molecule has 1 aliphatic rings. The van der Waals surface area contributed by atoms with Crippen LogP contribution in [-0.2, 0) is 17.8 Å². The Morgan fingerprint density at radius 1 is 1.04 bits per heavy atom. The van der Waals surface area contributed by atoms with Gasteiger partial charge in [-0.05, 0) is 31.0 Å². The summed E-state index contributed by atoms with van der Waals surface area (Å²) in [6.07, 6.45) is 0.914. The third-order valence-electron chi connectivity index (χ3n) is 5.33. The molecule has 150 valence electrons. The summed E-state index contributed by atoms with van der Waals surface area (Å²) in [5.41, 5.74) is 4.58. The van der Waals surface area contributed by atoms with Gasteiger partial charge in [-0.3, -0.25) is 14.6 Å². The summed E-state index contributed by atoms with van der Waals surface area (Å²) in [7, 11) is 1.72. The second-order valence-electron chi connectivity index (χ2n) is 7.43. The van der Waals surface area contributed by atoms with Crippen LogP contribution in [0.15, 0.2) is 42.5 Å². The second kappa shape index (κ2) is 9.71. The highest BCUT2D eigenvalue weighted by Gasteiger charge is 2.20. The van der Waals surface area contributed by atoms with E-state index >= 15 is 0 Å². The van der Waals surface area contributed by atoms with Gasteiger partial charge in [-0.2, -0.15) is 0 Å². The van der Waals surface area contributed by atoms with E-state index in [1.54, 1.807) is 7.11 Å². The van der Waals surface area contributed by atoms with Crippen molar-refractivity contribution in [2.75, 3.05) is 45.2 Å². The quantitative estimate of drug-likeness (QED) is 0.799. The second-order valence-corrected chi connectivity index (χ2v) is 7.43. The van der Waals surface area contributed by atoms with Crippen LogP contribution in [0, 0.1) is 6.92 Å². The first-order valence-corrected chi connectivity index (χ1v) is 10.0. The molecule has 3 rings (SSSR count). The molecule has 0 spiro atoms. The maximum absolute atomic E-state index is 12.5. The van der Waals surface area contributed by atoms with Crippen LogP contribution in [0.25, 0.3) is 0 Å². The third-order valence-corrected chi connectivity index (χ3v) is 5.33. The van der Waals surface area contributed by atoms with Crippen LogP contribution in [0.3, 0.4) is 0 Å². The number of piperazine rings is 1. The van der Waals surface area contributed by atoms with E-state index < -0.39 is 0 Å². The number of nitrogens with zero attached hydrogens (tertiary/aromatic N) is 2. The Balaban J connectivity index is 1.49. The van der Waals surface area contributed by atoms with Crippen molar-refractivity contribution in [3.63, 3.8) is 0 Å². The fourth-order valence-corrected chi connectivity index (χ4v) is 3.72. The number of benzene rings is 2. The number of nitrogens with one attached hydrogen (secondary N) is 1. The first-order chi connectivity index (χ1) is 13.6. The Morgan fingerprint density at radius 2 is 1.75 bits per heavy atom. The molecule has 1 saturated heterocycles. The minimum absolute atomic E-state index is 0.0645. The van der Waals surface area contributed by atoms with Crippen LogP contribution >= 0.6 is 0 Å². The number of aryl methyl sites for hydroxylation is 2. The van der Waals surface area contributed by atoms with Gasteiger partial charge in [0.05, 0.1) is 13.7 Å². The van der Waals surface area contributed by atoms with Gasteiger partial charge in [0.25, 0.3) is 0 Å². The van der Waals surface area contributed by atoms with Crippen molar-refractivity contribution < 1.29 is 9.53 Å². The first kappa shape index (κ1) is 20.4. The van der Waals surface area contributed by atoms with E-state index in [1.807, 2.05) is 24.3 Å². The highest BCUT2D eigenvalue weighted by molar-refractivity contribution is 5.93. The van der Waals surface area contributed by atoms with Crippen molar-refractivity contribution in [2.24, 2.45) is 0 Å². The number of rotatable bonds is 7. The SMILES string of the molecule is CCc1ccccc1NC(=O)CN1CCN(Cc2cc(C)ccc2OC)CC1. The first-order valence-electron chi connectivity index (χ1n) is 10.0. The van der Waals surface area contributed by atoms with Crippen LogP contribution in [0.4, 0.5) is 5.69 Å². The maximum atomic E-state index is 12.5. The molecule has 0 bridgehead atoms. The lowest BCUT2D eigenvalue weighted by Gasteiger charge is -2.34. The molecule has 2 aromatic carbocycles. The molecule has 1 N–H and O–H groups in total. The summed E-state index contributed by atoms with van der Waals surface area (Å²) >= 11 is 0. The number of methoxy groups -OCH3 is 1. The van der Waals surface area contributed by atoms with Crippen molar-refractivity contribution in [1.82, 2.24) is 9.80 Å².